The average molecular weight is 448 g/mol. The summed E-state index contributed by atoms with van der Waals surface area (Å²) in [6.07, 6.45) is -0.570. The van der Waals surface area contributed by atoms with Crippen LogP contribution in [0.1, 0.15) is 32.8 Å². The van der Waals surface area contributed by atoms with Crippen LogP contribution in [0.5, 0.6) is 0 Å². The van der Waals surface area contributed by atoms with E-state index in [0.29, 0.717) is 13.0 Å². The second kappa shape index (κ2) is 9.70. The van der Waals surface area contributed by atoms with Crippen molar-refractivity contribution < 1.29 is 8.82 Å². The van der Waals surface area contributed by atoms with E-state index in [1.165, 1.54) is 15.9 Å². The first-order chi connectivity index (χ1) is 15.4. The van der Waals surface area contributed by atoms with Gasteiger partial charge in [-0.1, -0.05) is 112 Å². The molecule has 0 radical (unpaired) electrons. The average Bonchev–Trinajstić information content (AvgIpc) is 2.78. The van der Waals surface area contributed by atoms with E-state index in [1.807, 2.05) is 18.2 Å². The Morgan fingerprint density at radius 2 is 1.31 bits per heavy atom. The zero-order chi connectivity index (χ0) is 22.6. The molecule has 32 heavy (non-hydrogen) atoms. The molecule has 4 rings (SSSR count). The fraction of sp³-hybridized carbons (Fsp3) is 0.357. The van der Waals surface area contributed by atoms with Gasteiger partial charge in [-0.15, -0.1) is 0 Å². The van der Waals surface area contributed by atoms with E-state index in [4.69, 9.17) is 4.43 Å². The number of hydrogen-bond donors (Lipinski definition) is 0. The molecule has 0 N–H and O–H groups in total. The lowest BCUT2D eigenvalue weighted by atomic mass is 10.1. The molecule has 1 saturated heterocycles. The van der Waals surface area contributed by atoms with Crippen molar-refractivity contribution in [1.82, 2.24) is 4.90 Å². The summed E-state index contributed by atoms with van der Waals surface area (Å²) in [5.74, 6) is 0. The minimum Gasteiger partial charge on any atom is -0.403 e. The Bertz CT molecular complexity index is 935. The van der Waals surface area contributed by atoms with Gasteiger partial charge in [0.2, 0.25) is 0 Å². The van der Waals surface area contributed by atoms with E-state index in [1.54, 1.807) is 0 Å². The minimum absolute atomic E-state index is 0.108. The third-order valence-electron chi connectivity index (χ3n) is 6.45. The van der Waals surface area contributed by atoms with Gasteiger partial charge in [-0.2, -0.15) is 0 Å². The standard InChI is InChI=1S/C28H34FNOSi/c1-28(2,3)32(26-15-9-5-10-16-26,27-17-11-6-12-18-27)31-25-19-24(29)21-30(22-25)20-23-13-7-4-8-14-23/h4-18,24-25H,19-22H2,1-3H3/t24-,25-/m1/s1. The Balaban J connectivity index is 1.69. The van der Waals surface area contributed by atoms with Crippen molar-refractivity contribution >= 4 is 18.7 Å². The van der Waals surface area contributed by atoms with Crippen molar-refractivity contribution in [2.45, 2.75) is 51.1 Å². The largest absolute Gasteiger partial charge is 0.403 e. The van der Waals surface area contributed by atoms with Gasteiger partial charge in [0.25, 0.3) is 8.32 Å². The van der Waals surface area contributed by atoms with E-state index >= 15 is 0 Å². The predicted octanol–water partition coefficient (Wildman–Crippen LogP) is 5.18. The second-order valence-electron chi connectivity index (χ2n) is 9.92. The van der Waals surface area contributed by atoms with Gasteiger partial charge >= 0.3 is 0 Å². The molecule has 4 heteroatoms. The maximum atomic E-state index is 15.0. The van der Waals surface area contributed by atoms with E-state index < -0.39 is 14.5 Å². The molecule has 3 aromatic rings. The van der Waals surface area contributed by atoms with Gasteiger partial charge in [-0.3, -0.25) is 4.90 Å². The SMILES string of the molecule is CC(C)(C)[Si](O[C@@H]1C[C@@H](F)CN(Cc2ccccc2)C1)(c1ccccc1)c1ccccc1. The van der Waals surface area contributed by atoms with Gasteiger partial charge in [0.15, 0.2) is 0 Å². The lowest BCUT2D eigenvalue weighted by Crippen LogP contribution is -2.68. The highest BCUT2D eigenvalue weighted by atomic mass is 28.4. The quantitative estimate of drug-likeness (QED) is 0.483. The molecule has 1 aliphatic heterocycles. The number of hydrogen-bond acceptors (Lipinski definition) is 2. The molecule has 0 aliphatic carbocycles. The highest BCUT2D eigenvalue weighted by molar-refractivity contribution is 6.99. The van der Waals surface area contributed by atoms with Crippen LogP contribution in [0.25, 0.3) is 0 Å². The highest BCUT2D eigenvalue weighted by Crippen LogP contribution is 2.38. The van der Waals surface area contributed by atoms with Crippen LogP contribution in [0.4, 0.5) is 4.39 Å². The molecule has 1 fully saturated rings. The molecule has 168 valence electrons. The molecule has 0 amide bonds. The Kier molecular flexibility index (Phi) is 6.94. The first-order valence-electron chi connectivity index (χ1n) is 11.6. The topological polar surface area (TPSA) is 12.5 Å². The van der Waals surface area contributed by atoms with E-state index in [-0.39, 0.29) is 11.1 Å². The molecule has 0 spiro atoms. The van der Waals surface area contributed by atoms with Crippen molar-refractivity contribution in [3.63, 3.8) is 0 Å². The summed E-state index contributed by atoms with van der Waals surface area (Å²) in [4.78, 5) is 2.21. The molecule has 1 aliphatic rings. The summed E-state index contributed by atoms with van der Waals surface area (Å²) in [5, 5.41) is 2.38. The van der Waals surface area contributed by atoms with Crippen LogP contribution in [0, 0.1) is 0 Å². The number of benzene rings is 3. The highest BCUT2D eigenvalue weighted by Gasteiger charge is 2.52. The number of alkyl halides is 1. The summed E-state index contributed by atoms with van der Waals surface area (Å²) < 4.78 is 22.2. The van der Waals surface area contributed by atoms with E-state index in [0.717, 1.165) is 13.1 Å². The lowest BCUT2D eigenvalue weighted by molar-refractivity contribution is 0.0312. The van der Waals surface area contributed by atoms with Crippen LogP contribution in [-0.2, 0) is 11.0 Å². The third-order valence-corrected chi connectivity index (χ3v) is 11.5. The first kappa shape index (κ1) is 22.9. The molecule has 2 nitrogen and oxygen atoms in total. The van der Waals surface area contributed by atoms with Crippen LogP contribution in [0.2, 0.25) is 5.04 Å². The molecular weight excluding hydrogens is 413 g/mol. The fourth-order valence-electron chi connectivity index (χ4n) is 5.07. The van der Waals surface area contributed by atoms with Gasteiger partial charge in [-0.25, -0.2) is 4.39 Å². The maximum absolute atomic E-state index is 15.0. The van der Waals surface area contributed by atoms with Gasteiger partial charge < -0.3 is 4.43 Å². The Morgan fingerprint density at radius 3 is 1.81 bits per heavy atom. The fourth-order valence-corrected chi connectivity index (χ4v) is 9.76. The normalized spacial score (nSPS) is 20.2. The summed E-state index contributed by atoms with van der Waals surface area (Å²) in [5.41, 5.74) is 1.21. The number of halogens is 1. The predicted molar refractivity (Wildman–Crippen MR) is 134 cm³/mol. The molecule has 3 aromatic carbocycles. The summed E-state index contributed by atoms with van der Waals surface area (Å²) in [6, 6.07) is 31.6. The zero-order valence-corrected chi connectivity index (χ0v) is 20.4. The van der Waals surface area contributed by atoms with Crippen molar-refractivity contribution in [2.24, 2.45) is 0 Å². The minimum atomic E-state index is -2.68. The van der Waals surface area contributed by atoms with E-state index in [2.05, 4.69) is 98.5 Å². The monoisotopic (exact) mass is 447 g/mol. The molecule has 0 bridgehead atoms. The first-order valence-corrected chi connectivity index (χ1v) is 13.5. The van der Waals surface area contributed by atoms with Crippen molar-refractivity contribution in [3.05, 3.63) is 96.6 Å². The Morgan fingerprint density at radius 1 is 0.812 bits per heavy atom. The van der Waals surface area contributed by atoms with Gasteiger partial charge in [-0.05, 0) is 21.0 Å². The van der Waals surface area contributed by atoms with Crippen molar-refractivity contribution in [2.75, 3.05) is 13.1 Å². The summed E-state index contributed by atoms with van der Waals surface area (Å²) in [6.45, 7) is 8.79. The van der Waals surface area contributed by atoms with Gasteiger partial charge in [0.1, 0.15) is 6.17 Å². The van der Waals surface area contributed by atoms with Crippen LogP contribution in [0.15, 0.2) is 91.0 Å². The van der Waals surface area contributed by atoms with Crippen molar-refractivity contribution in [3.8, 4) is 0 Å². The Hall–Kier alpha value is -2.27. The van der Waals surface area contributed by atoms with Crippen LogP contribution in [0.3, 0.4) is 0 Å². The van der Waals surface area contributed by atoms with Crippen LogP contribution < -0.4 is 10.4 Å². The van der Waals surface area contributed by atoms with Crippen LogP contribution in [-0.4, -0.2) is 38.6 Å². The number of nitrogens with zero attached hydrogens (tertiary/aromatic N) is 1. The Labute approximate surface area is 193 Å². The molecular formula is C28H34FNOSi. The van der Waals surface area contributed by atoms with Crippen LogP contribution >= 0.6 is 0 Å². The second-order valence-corrected chi connectivity index (χ2v) is 14.2. The lowest BCUT2D eigenvalue weighted by Gasteiger charge is -2.47. The summed E-state index contributed by atoms with van der Waals surface area (Å²) >= 11 is 0. The summed E-state index contributed by atoms with van der Waals surface area (Å²) in [7, 11) is -2.68. The number of rotatable bonds is 6. The molecule has 0 saturated carbocycles. The zero-order valence-electron chi connectivity index (χ0n) is 19.4. The maximum Gasteiger partial charge on any atom is 0.261 e. The van der Waals surface area contributed by atoms with Crippen molar-refractivity contribution in [1.29, 1.82) is 0 Å². The third kappa shape index (κ3) is 4.88. The molecule has 2 atom stereocenters. The van der Waals surface area contributed by atoms with Gasteiger partial charge in [0.05, 0.1) is 6.10 Å². The number of likely N-dealkylation sites (tertiary alicyclic amines) is 1. The number of piperidine rings is 1. The molecule has 0 aromatic heterocycles. The van der Waals surface area contributed by atoms with E-state index in [9.17, 15) is 4.39 Å². The smallest absolute Gasteiger partial charge is 0.261 e. The molecule has 1 heterocycles. The molecule has 0 unspecified atom stereocenters. The van der Waals surface area contributed by atoms with Gasteiger partial charge in [0, 0.05) is 26.1 Å².